The largest absolute Gasteiger partial charge is 0.388 e. The van der Waals surface area contributed by atoms with Crippen molar-refractivity contribution in [2.75, 3.05) is 26.8 Å². The predicted octanol–water partition coefficient (Wildman–Crippen LogP) is 1.89. The van der Waals surface area contributed by atoms with E-state index in [1.54, 1.807) is 0 Å². The number of likely N-dealkylation sites (N-methyl/N-ethyl adjacent to an activating group) is 1. The van der Waals surface area contributed by atoms with E-state index in [2.05, 4.69) is 0 Å². The zero-order chi connectivity index (χ0) is 15.6. The molecule has 1 aromatic carbocycles. The van der Waals surface area contributed by atoms with Crippen LogP contribution in [-0.4, -0.2) is 48.3 Å². The van der Waals surface area contributed by atoms with Crippen LogP contribution in [0.1, 0.15) is 28.8 Å². The normalized spacial score (nSPS) is 17.6. The highest BCUT2D eigenvalue weighted by molar-refractivity contribution is 5.94. The Bertz CT molecular complexity index is 542. The molecule has 1 aliphatic heterocycles. The summed E-state index contributed by atoms with van der Waals surface area (Å²) in [6.07, 6.45) is 0.852. The van der Waals surface area contributed by atoms with E-state index in [4.69, 9.17) is 4.74 Å². The van der Waals surface area contributed by atoms with Crippen LogP contribution in [-0.2, 0) is 4.74 Å². The van der Waals surface area contributed by atoms with Gasteiger partial charge in [0.05, 0.1) is 11.2 Å². The van der Waals surface area contributed by atoms with Gasteiger partial charge in [0.25, 0.3) is 5.91 Å². The molecule has 1 aliphatic rings. The van der Waals surface area contributed by atoms with Crippen LogP contribution in [0.3, 0.4) is 0 Å². The van der Waals surface area contributed by atoms with Gasteiger partial charge in [-0.2, -0.15) is 0 Å². The second kappa shape index (κ2) is 6.07. The van der Waals surface area contributed by atoms with Gasteiger partial charge in [-0.3, -0.25) is 4.79 Å². The first kappa shape index (κ1) is 15.9. The molecule has 0 bridgehead atoms. The molecule has 1 fully saturated rings. The predicted molar refractivity (Wildman–Crippen MR) is 73.1 cm³/mol. The lowest BCUT2D eigenvalue weighted by molar-refractivity contribution is -0.0734. The fourth-order valence-corrected chi connectivity index (χ4v) is 2.45. The van der Waals surface area contributed by atoms with Crippen molar-refractivity contribution < 1.29 is 23.4 Å². The van der Waals surface area contributed by atoms with E-state index in [1.165, 1.54) is 24.9 Å². The zero-order valence-corrected chi connectivity index (χ0v) is 12.2. The molecule has 2 rings (SSSR count). The van der Waals surface area contributed by atoms with Crippen molar-refractivity contribution in [3.63, 3.8) is 0 Å². The van der Waals surface area contributed by atoms with Gasteiger partial charge in [-0.25, -0.2) is 8.78 Å². The highest BCUT2D eigenvalue weighted by atomic mass is 19.1. The third-order valence-electron chi connectivity index (χ3n) is 3.78. The maximum atomic E-state index is 13.7. The van der Waals surface area contributed by atoms with Gasteiger partial charge in [0, 0.05) is 45.7 Å². The Morgan fingerprint density at radius 2 is 1.95 bits per heavy atom. The fourth-order valence-electron chi connectivity index (χ4n) is 2.45. The summed E-state index contributed by atoms with van der Waals surface area (Å²) in [7, 11) is 1.49. The molecule has 0 saturated carbocycles. The molecule has 1 N–H and O–H groups in total. The molecule has 1 aromatic rings. The topological polar surface area (TPSA) is 49.8 Å². The second-order valence-electron chi connectivity index (χ2n) is 5.58. The zero-order valence-electron chi connectivity index (χ0n) is 12.2. The monoisotopic (exact) mass is 299 g/mol. The number of hydrogen-bond donors (Lipinski definition) is 1. The molecular weight excluding hydrogens is 280 g/mol. The molecule has 0 aliphatic carbocycles. The van der Waals surface area contributed by atoms with E-state index in [0.717, 1.165) is 0 Å². The number of ether oxygens (including phenoxy) is 1. The summed E-state index contributed by atoms with van der Waals surface area (Å²) in [4.78, 5) is 13.5. The van der Waals surface area contributed by atoms with Crippen LogP contribution in [0.15, 0.2) is 12.1 Å². The highest BCUT2D eigenvalue weighted by Gasteiger charge is 2.33. The van der Waals surface area contributed by atoms with Crippen LogP contribution in [0.2, 0.25) is 0 Å². The summed E-state index contributed by atoms with van der Waals surface area (Å²) < 4.78 is 32.2. The number of aliphatic hydroxyl groups is 1. The standard InChI is InChI=1S/C15H19F2NO3/c1-10-7-11(13(17)8-12(10)16)14(19)18(2)9-15(20)3-5-21-6-4-15/h7-8,20H,3-6,9H2,1-2H3. The molecule has 116 valence electrons. The summed E-state index contributed by atoms with van der Waals surface area (Å²) in [6.45, 7) is 2.42. The van der Waals surface area contributed by atoms with Crippen LogP contribution in [0.25, 0.3) is 0 Å². The second-order valence-corrected chi connectivity index (χ2v) is 5.58. The van der Waals surface area contributed by atoms with Gasteiger partial charge in [-0.05, 0) is 18.6 Å². The Hall–Kier alpha value is -1.53. The van der Waals surface area contributed by atoms with Crippen molar-refractivity contribution >= 4 is 5.91 Å². The SMILES string of the molecule is Cc1cc(C(=O)N(C)CC2(O)CCOCC2)c(F)cc1F. The van der Waals surface area contributed by atoms with E-state index in [1.807, 2.05) is 0 Å². The number of rotatable bonds is 3. The lowest BCUT2D eigenvalue weighted by Crippen LogP contribution is -2.47. The van der Waals surface area contributed by atoms with Crippen LogP contribution in [0.5, 0.6) is 0 Å². The number of amides is 1. The first-order valence-corrected chi connectivity index (χ1v) is 6.84. The molecule has 6 heteroatoms. The molecule has 4 nitrogen and oxygen atoms in total. The third-order valence-corrected chi connectivity index (χ3v) is 3.78. The van der Waals surface area contributed by atoms with Crippen molar-refractivity contribution in [3.8, 4) is 0 Å². The Balaban J connectivity index is 2.14. The first-order valence-electron chi connectivity index (χ1n) is 6.84. The summed E-state index contributed by atoms with van der Waals surface area (Å²) in [5, 5.41) is 10.4. The Morgan fingerprint density at radius 3 is 2.57 bits per heavy atom. The lowest BCUT2D eigenvalue weighted by atomic mass is 9.93. The Kier molecular flexibility index (Phi) is 4.58. The van der Waals surface area contributed by atoms with Gasteiger partial charge in [0.15, 0.2) is 0 Å². The number of aryl methyl sites for hydroxylation is 1. The number of carbonyl (C=O) groups is 1. The molecule has 1 saturated heterocycles. The number of hydrogen-bond acceptors (Lipinski definition) is 3. The minimum atomic E-state index is -1.02. The molecule has 0 unspecified atom stereocenters. The molecular formula is C15H19F2NO3. The summed E-state index contributed by atoms with van der Waals surface area (Å²) in [6, 6.07) is 1.90. The lowest BCUT2D eigenvalue weighted by Gasteiger charge is -2.35. The average Bonchev–Trinajstić information content (AvgIpc) is 2.42. The molecule has 1 heterocycles. The quantitative estimate of drug-likeness (QED) is 0.927. The van der Waals surface area contributed by atoms with Crippen LogP contribution < -0.4 is 0 Å². The van der Waals surface area contributed by atoms with Gasteiger partial charge in [-0.1, -0.05) is 0 Å². The number of carbonyl (C=O) groups excluding carboxylic acids is 1. The van der Waals surface area contributed by atoms with Crippen molar-refractivity contribution in [2.24, 2.45) is 0 Å². The summed E-state index contributed by atoms with van der Waals surface area (Å²) in [5.41, 5.74) is -1.00. The smallest absolute Gasteiger partial charge is 0.256 e. The van der Waals surface area contributed by atoms with E-state index in [0.29, 0.717) is 32.1 Å². The molecule has 0 atom stereocenters. The number of benzene rings is 1. The van der Waals surface area contributed by atoms with E-state index in [-0.39, 0.29) is 17.7 Å². The van der Waals surface area contributed by atoms with Crippen LogP contribution in [0, 0.1) is 18.6 Å². The van der Waals surface area contributed by atoms with Crippen molar-refractivity contribution in [1.29, 1.82) is 0 Å². The molecule has 0 aromatic heterocycles. The maximum Gasteiger partial charge on any atom is 0.256 e. The van der Waals surface area contributed by atoms with Crippen LogP contribution in [0.4, 0.5) is 8.78 Å². The summed E-state index contributed by atoms with van der Waals surface area (Å²) in [5.74, 6) is -2.15. The average molecular weight is 299 g/mol. The maximum absolute atomic E-state index is 13.7. The number of halogens is 2. The van der Waals surface area contributed by atoms with E-state index >= 15 is 0 Å². The van der Waals surface area contributed by atoms with Gasteiger partial charge >= 0.3 is 0 Å². The van der Waals surface area contributed by atoms with Crippen molar-refractivity contribution in [1.82, 2.24) is 4.90 Å². The first-order chi connectivity index (χ1) is 9.82. The molecule has 1 amide bonds. The van der Waals surface area contributed by atoms with E-state index in [9.17, 15) is 18.7 Å². The highest BCUT2D eigenvalue weighted by Crippen LogP contribution is 2.23. The minimum Gasteiger partial charge on any atom is -0.388 e. The third kappa shape index (κ3) is 3.57. The van der Waals surface area contributed by atoms with E-state index < -0.39 is 23.1 Å². The minimum absolute atomic E-state index is 0.0884. The van der Waals surface area contributed by atoms with Gasteiger partial charge in [0.2, 0.25) is 0 Å². The van der Waals surface area contributed by atoms with Crippen LogP contribution >= 0.6 is 0 Å². The molecule has 0 radical (unpaired) electrons. The van der Waals surface area contributed by atoms with Gasteiger partial charge < -0.3 is 14.7 Å². The van der Waals surface area contributed by atoms with Crippen molar-refractivity contribution in [2.45, 2.75) is 25.4 Å². The Labute approximate surface area is 122 Å². The number of nitrogens with zero attached hydrogens (tertiary/aromatic N) is 1. The fraction of sp³-hybridized carbons (Fsp3) is 0.533. The molecule has 21 heavy (non-hydrogen) atoms. The summed E-state index contributed by atoms with van der Waals surface area (Å²) >= 11 is 0. The Morgan fingerprint density at radius 1 is 1.33 bits per heavy atom. The van der Waals surface area contributed by atoms with Gasteiger partial charge in [-0.15, -0.1) is 0 Å². The molecule has 0 spiro atoms. The van der Waals surface area contributed by atoms with Gasteiger partial charge in [0.1, 0.15) is 11.6 Å². The van der Waals surface area contributed by atoms with Crippen molar-refractivity contribution in [3.05, 3.63) is 34.9 Å².